The summed E-state index contributed by atoms with van der Waals surface area (Å²) < 4.78 is 25.1. The molecule has 2 fully saturated rings. The van der Waals surface area contributed by atoms with Crippen LogP contribution in [0.2, 0.25) is 0 Å². The summed E-state index contributed by atoms with van der Waals surface area (Å²) in [5.74, 6) is -4.02. The average Bonchev–Trinajstić information content (AvgIpc) is 2.76. The lowest BCUT2D eigenvalue weighted by atomic mass is 10.1. The first-order valence-electron chi connectivity index (χ1n) is 4.78. The van der Waals surface area contributed by atoms with Gasteiger partial charge in [-0.3, -0.25) is 4.79 Å². The number of amides is 1. The van der Waals surface area contributed by atoms with Crippen LogP contribution in [0.3, 0.4) is 0 Å². The maximum absolute atomic E-state index is 12.6. The van der Waals surface area contributed by atoms with Gasteiger partial charge in [-0.2, -0.15) is 0 Å². The average molecular weight is 189 g/mol. The van der Waals surface area contributed by atoms with Crippen LogP contribution in [0, 0.1) is 5.92 Å². The lowest BCUT2D eigenvalue weighted by Gasteiger charge is -2.26. The Morgan fingerprint density at radius 1 is 1.23 bits per heavy atom. The van der Waals surface area contributed by atoms with Crippen molar-refractivity contribution in [3.05, 3.63) is 0 Å². The molecular weight excluding hydrogens is 176 g/mol. The molecule has 74 valence electrons. The summed E-state index contributed by atoms with van der Waals surface area (Å²) in [4.78, 5) is 13.0. The van der Waals surface area contributed by atoms with E-state index >= 15 is 0 Å². The van der Waals surface area contributed by atoms with Crippen molar-refractivity contribution >= 4 is 5.91 Å². The van der Waals surface area contributed by atoms with Crippen molar-refractivity contribution in [1.29, 1.82) is 0 Å². The summed E-state index contributed by atoms with van der Waals surface area (Å²) in [6.45, 7) is 1.34. The normalized spacial score (nSPS) is 31.5. The van der Waals surface area contributed by atoms with Crippen molar-refractivity contribution in [2.24, 2.45) is 5.92 Å². The maximum atomic E-state index is 12.6. The third-order valence-corrected chi connectivity index (χ3v) is 2.79. The molecule has 1 aliphatic heterocycles. The quantitative estimate of drug-likeness (QED) is 0.614. The second kappa shape index (κ2) is 2.93. The summed E-state index contributed by atoms with van der Waals surface area (Å²) in [6.07, 6.45) is 2.81. The van der Waals surface area contributed by atoms with E-state index in [1.807, 2.05) is 0 Å². The number of rotatable bonds is 1. The van der Waals surface area contributed by atoms with Gasteiger partial charge < -0.3 is 4.90 Å². The molecule has 2 rings (SSSR count). The smallest absolute Gasteiger partial charge is 0.260 e. The molecule has 1 aliphatic carbocycles. The first-order chi connectivity index (χ1) is 6.11. The number of hydrogen-bond acceptors (Lipinski definition) is 1. The predicted octanol–water partition coefficient (Wildman–Crippen LogP) is 1.65. The van der Waals surface area contributed by atoms with Crippen LogP contribution in [0.4, 0.5) is 8.78 Å². The van der Waals surface area contributed by atoms with Crippen molar-refractivity contribution in [3.8, 4) is 0 Å². The molecular formula is C9H13F2NO. The minimum atomic E-state index is -2.70. The van der Waals surface area contributed by atoms with Gasteiger partial charge in [-0.25, -0.2) is 8.78 Å². The van der Waals surface area contributed by atoms with Crippen LogP contribution in [-0.4, -0.2) is 29.8 Å². The maximum Gasteiger partial charge on any atom is 0.260 e. The van der Waals surface area contributed by atoms with E-state index in [1.165, 1.54) is 0 Å². The van der Waals surface area contributed by atoms with Gasteiger partial charge in [0.15, 0.2) is 0 Å². The van der Waals surface area contributed by atoms with Gasteiger partial charge in [-0.1, -0.05) is 0 Å². The van der Waals surface area contributed by atoms with Gasteiger partial charge in [0, 0.05) is 19.5 Å². The molecule has 1 saturated heterocycles. The third-order valence-electron chi connectivity index (χ3n) is 2.79. The third kappa shape index (κ3) is 1.67. The molecule has 2 nitrogen and oxygen atoms in total. The first-order valence-corrected chi connectivity index (χ1v) is 4.78. The Morgan fingerprint density at radius 2 is 1.77 bits per heavy atom. The Morgan fingerprint density at radius 3 is 2.23 bits per heavy atom. The second-order valence-electron chi connectivity index (χ2n) is 3.90. The summed E-state index contributed by atoms with van der Waals surface area (Å²) in [6, 6.07) is 0. The molecule has 0 N–H and O–H groups in total. The topological polar surface area (TPSA) is 20.3 Å². The molecule has 1 atom stereocenters. The Hall–Kier alpha value is -0.670. The van der Waals surface area contributed by atoms with Gasteiger partial charge in [-0.05, 0) is 19.3 Å². The zero-order chi connectivity index (χ0) is 9.47. The van der Waals surface area contributed by atoms with E-state index in [4.69, 9.17) is 0 Å². The van der Waals surface area contributed by atoms with Crippen LogP contribution in [0.15, 0.2) is 0 Å². The van der Waals surface area contributed by atoms with Crippen LogP contribution in [0.5, 0.6) is 0 Å². The largest absolute Gasteiger partial charge is 0.342 e. The molecule has 0 radical (unpaired) electrons. The van der Waals surface area contributed by atoms with E-state index < -0.39 is 11.8 Å². The Bertz CT molecular complexity index is 224. The van der Waals surface area contributed by atoms with E-state index in [0.29, 0.717) is 13.1 Å². The fourth-order valence-electron chi connectivity index (χ4n) is 1.82. The molecule has 0 spiro atoms. The number of piperidine rings is 1. The summed E-state index contributed by atoms with van der Waals surface area (Å²) in [7, 11) is 0. The number of nitrogens with zero attached hydrogens (tertiary/aromatic N) is 1. The fraction of sp³-hybridized carbons (Fsp3) is 0.889. The number of likely N-dealkylation sites (tertiary alicyclic amines) is 1. The molecule has 1 unspecified atom stereocenters. The summed E-state index contributed by atoms with van der Waals surface area (Å²) in [5.41, 5.74) is 0. The molecule has 0 aromatic carbocycles. The van der Waals surface area contributed by atoms with Crippen molar-refractivity contribution < 1.29 is 13.6 Å². The zero-order valence-corrected chi connectivity index (χ0v) is 7.43. The van der Waals surface area contributed by atoms with Crippen molar-refractivity contribution in [1.82, 2.24) is 4.90 Å². The first kappa shape index (κ1) is 8.91. The highest BCUT2D eigenvalue weighted by atomic mass is 19.3. The van der Waals surface area contributed by atoms with E-state index in [0.717, 1.165) is 19.3 Å². The molecule has 1 heterocycles. The standard InChI is InChI=1S/C9H13F2NO/c10-9(11)6-7(9)8(13)12-4-2-1-3-5-12/h7H,1-6H2. The molecule has 0 aromatic heterocycles. The number of hydrogen-bond donors (Lipinski definition) is 0. The summed E-state index contributed by atoms with van der Waals surface area (Å²) in [5, 5.41) is 0. The Kier molecular flexibility index (Phi) is 2.00. The minimum absolute atomic E-state index is 0.234. The van der Waals surface area contributed by atoms with E-state index in [2.05, 4.69) is 0 Å². The molecule has 13 heavy (non-hydrogen) atoms. The second-order valence-corrected chi connectivity index (χ2v) is 3.90. The van der Waals surface area contributed by atoms with Crippen molar-refractivity contribution in [3.63, 3.8) is 0 Å². The van der Waals surface area contributed by atoms with Crippen LogP contribution in [-0.2, 0) is 4.79 Å². The van der Waals surface area contributed by atoms with E-state index in [9.17, 15) is 13.6 Å². The Labute approximate surface area is 75.9 Å². The van der Waals surface area contributed by atoms with Crippen LogP contribution >= 0.6 is 0 Å². The van der Waals surface area contributed by atoms with E-state index in [1.54, 1.807) is 4.90 Å². The molecule has 1 amide bonds. The van der Waals surface area contributed by atoms with Crippen LogP contribution in [0.25, 0.3) is 0 Å². The van der Waals surface area contributed by atoms with Crippen LogP contribution < -0.4 is 0 Å². The lowest BCUT2D eigenvalue weighted by molar-refractivity contribution is -0.135. The highest BCUT2D eigenvalue weighted by Crippen LogP contribution is 2.49. The SMILES string of the molecule is O=C(C1CC1(F)F)N1CCCCC1. The van der Waals surface area contributed by atoms with Crippen molar-refractivity contribution in [2.45, 2.75) is 31.6 Å². The van der Waals surface area contributed by atoms with Gasteiger partial charge in [0.2, 0.25) is 5.91 Å². The monoisotopic (exact) mass is 189 g/mol. The number of alkyl halides is 2. The molecule has 2 aliphatic rings. The van der Waals surface area contributed by atoms with Gasteiger partial charge in [0.25, 0.3) is 5.92 Å². The van der Waals surface area contributed by atoms with Gasteiger partial charge >= 0.3 is 0 Å². The lowest BCUT2D eigenvalue weighted by Crippen LogP contribution is -2.37. The Balaban J connectivity index is 1.90. The van der Waals surface area contributed by atoms with Gasteiger partial charge in [-0.15, -0.1) is 0 Å². The molecule has 0 bridgehead atoms. The predicted molar refractivity (Wildman–Crippen MR) is 43.5 cm³/mol. The molecule has 0 aromatic rings. The fourth-order valence-corrected chi connectivity index (χ4v) is 1.82. The number of carbonyl (C=O) groups excluding carboxylic acids is 1. The minimum Gasteiger partial charge on any atom is -0.342 e. The number of carbonyl (C=O) groups is 1. The molecule has 4 heteroatoms. The van der Waals surface area contributed by atoms with Crippen molar-refractivity contribution in [2.75, 3.05) is 13.1 Å². The number of halogens is 2. The van der Waals surface area contributed by atoms with E-state index in [-0.39, 0.29) is 12.3 Å². The van der Waals surface area contributed by atoms with Gasteiger partial charge in [0.1, 0.15) is 5.92 Å². The molecule has 1 saturated carbocycles. The zero-order valence-electron chi connectivity index (χ0n) is 7.43. The highest BCUT2D eigenvalue weighted by molar-refractivity contribution is 5.83. The van der Waals surface area contributed by atoms with Crippen LogP contribution in [0.1, 0.15) is 25.7 Å². The highest BCUT2D eigenvalue weighted by Gasteiger charge is 2.62. The van der Waals surface area contributed by atoms with Gasteiger partial charge in [0.05, 0.1) is 0 Å². The summed E-state index contributed by atoms with van der Waals surface area (Å²) >= 11 is 0.